The molecule has 0 radical (unpaired) electrons. The molecule has 0 amide bonds. The molecule has 2 N–H and O–H groups in total. The molecule has 0 aromatic rings. The van der Waals surface area contributed by atoms with Gasteiger partial charge in [0, 0.05) is 13.1 Å². The minimum absolute atomic E-state index is 0.347. The van der Waals surface area contributed by atoms with Gasteiger partial charge in [0.15, 0.2) is 0 Å². The molecule has 1 unspecified atom stereocenters. The lowest BCUT2D eigenvalue weighted by molar-refractivity contribution is 0.484. The lowest BCUT2D eigenvalue weighted by Gasteiger charge is -2.19. The van der Waals surface area contributed by atoms with E-state index in [0.29, 0.717) is 5.54 Å². The smallest absolute Gasteiger partial charge is 0.0505 e. The summed E-state index contributed by atoms with van der Waals surface area (Å²) in [7, 11) is 0. The van der Waals surface area contributed by atoms with Crippen LogP contribution in [-0.4, -0.2) is 25.2 Å². The fourth-order valence-electron chi connectivity index (χ4n) is 1.61. The SMILES string of the molecule is C1=CC2(CCNC2)NC1. The molecule has 2 rings (SSSR count). The Morgan fingerprint density at radius 3 is 3.00 bits per heavy atom. The number of hydrogen-bond donors (Lipinski definition) is 2. The third-order valence-corrected chi connectivity index (χ3v) is 2.20. The summed E-state index contributed by atoms with van der Waals surface area (Å²) >= 11 is 0. The predicted octanol–water partition coefficient (Wildman–Crippen LogP) is -0.122. The van der Waals surface area contributed by atoms with E-state index in [1.807, 2.05) is 0 Å². The highest BCUT2D eigenvalue weighted by molar-refractivity contribution is 5.17. The quantitative estimate of drug-likeness (QED) is 0.440. The van der Waals surface area contributed by atoms with Crippen molar-refractivity contribution in [2.24, 2.45) is 0 Å². The molecule has 1 atom stereocenters. The second-order valence-electron chi connectivity index (χ2n) is 2.87. The molecule has 2 heteroatoms. The average Bonchev–Trinajstić information content (AvgIpc) is 2.45. The van der Waals surface area contributed by atoms with Gasteiger partial charge in [0.05, 0.1) is 5.54 Å². The minimum Gasteiger partial charge on any atom is -0.314 e. The first-order valence-electron chi connectivity index (χ1n) is 3.55. The summed E-state index contributed by atoms with van der Waals surface area (Å²) in [5, 5.41) is 6.80. The van der Waals surface area contributed by atoms with Crippen LogP contribution in [0.2, 0.25) is 0 Å². The van der Waals surface area contributed by atoms with Crippen molar-refractivity contribution in [1.82, 2.24) is 10.6 Å². The van der Waals surface area contributed by atoms with Crippen LogP contribution in [0.1, 0.15) is 6.42 Å². The summed E-state index contributed by atoms with van der Waals surface area (Å²) in [4.78, 5) is 0. The number of rotatable bonds is 0. The Balaban J connectivity index is 2.13. The van der Waals surface area contributed by atoms with Gasteiger partial charge in [0.2, 0.25) is 0 Å². The number of hydrogen-bond acceptors (Lipinski definition) is 2. The molecule has 2 heterocycles. The van der Waals surface area contributed by atoms with Crippen LogP contribution in [-0.2, 0) is 0 Å². The van der Waals surface area contributed by atoms with Gasteiger partial charge >= 0.3 is 0 Å². The lowest BCUT2D eigenvalue weighted by atomic mass is 10.0. The summed E-state index contributed by atoms with van der Waals surface area (Å²) in [6.45, 7) is 3.34. The second kappa shape index (κ2) is 1.82. The average molecular weight is 124 g/mol. The van der Waals surface area contributed by atoms with Gasteiger partial charge in [-0.05, 0) is 13.0 Å². The van der Waals surface area contributed by atoms with Crippen molar-refractivity contribution in [2.45, 2.75) is 12.0 Å². The molecule has 0 saturated carbocycles. The zero-order valence-electron chi connectivity index (χ0n) is 5.48. The molecule has 0 bridgehead atoms. The van der Waals surface area contributed by atoms with E-state index in [1.165, 1.54) is 6.42 Å². The van der Waals surface area contributed by atoms with E-state index in [4.69, 9.17) is 0 Å². The van der Waals surface area contributed by atoms with Gasteiger partial charge in [-0.3, -0.25) is 0 Å². The molecule has 2 nitrogen and oxygen atoms in total. The van der Waals surface area contributed by atoms with Crippen LogP contribution in [0.4, 0.5) is 0 Å². The summed E-state index contributed by atoms with van der Waals surface area (Å²) in [6, 6.07) is 0. The highest BCUT2D eigenvalue weighted by Crippen LogP contribution is 2.18. The molecule has 1 fully saturated rings. The standard InChI is InChI=1S/C7H12N2/c1-2-7(9-4-1)3-5-8-6-7/h1-2,8-9H,3-6H2. The van der Waals surface area contributed by atoms with Gasteiger partial charge in [-0.1, -0.05) is 12.2 Å². The highest BCUT2D eigenvalue weighted by Gasteiger charge is 2.31. The Kier molecular flexibility index (Phi) is 1.10. The van der Waals surface area contributed by atoms with Crippen molar-refractivity contribution < 1.29 is 0 Å². The predicted molar refractivity (Wildman–Crippen MR) is 37.4 cm³/mol. The Bertz CT molecular complexity index is 134. The summed E-state index contributed by atoms with van der Waals surface area (Å²) < 4.78 is 0. The molecule has 1 saturated heterocycles. The van der Waals surface area contributed by atoms with E-state index in [9.17, 15) is 0 Å². The van der Waals surface area contributed by atoms with Crippen molar-refractivity contribution in [1.29, 1.82) is 0 Å². The Morgan fingerprint density at radius 2 is 2.44 bits per heavy atom. The van der Waals surface area contributed by atoms with Gasteiger partial charge in [-0.25, -0.2) is 0 Å². The molecule has 50 valence electrons. The lowest BCUT2D eigenvalue weighted by Crippen LogP contribution is -2.41. The Morgan fingerprint density at radius 1 is 1.44 bits per heavy atom. The fraction of sp³-hybridized carbons (Fsp3) is 0.714. The maximum absolute atomic E-state index is 3.46. The van der Waals surface area contributed by atoms with Gasteiger partial charge in [0.1, 0.15) is 0 Å². The van der Waals surface area contributed by atoms with E-state index in [-0.39, 0.29) is 0 Å². The van der Waals surface area contributed by atoms with E-state index in [1.54, 1.807) is 0 Å². The topological polar surface area (TPSA) is 24.1 Å². The second-order valence-corrected chi connectivity index (χ2v) is 2.87. The molecule has 0 aromatic heterocycles. The zero-order valence-corrected chi connectivity index (χ0v) is 5.48. The van der Waals surface area contributed by atoms with Gasteiger partial charge < -0.3 is 10.6 Å². The first kappa shape index (κ1) is 5.45. The van der Waals surface area contributed by atoms with E-state index in [0.717, 1.165) is 19.6 Å². The third kappa shape index (κ3) is 0.787. The van der Waals surface area contributed by atoms with Crippen molar-refractivity contribution >= 4 is 0 Å². The van der Waals surface area contributed by atoms with E-state index in [2.05, 4.69) is 22.8 Å². The van der Waals surface area contributed by atoms with Crippen LogP contribution < -0.4 is 10.6 Å². The van der Waals surface area contributed by atoms with Crippen molar-refractivity contribution in [3.63, 3.8) is 0 Å². The monoisotopic (exact) mass is 124 g/mol. The zero-order chi connectivity index (χ0) is 6.16. The Labute approximate surface area is 55.3 Å². The molecule has 9 heavy (non-hydrogen) atoms. The largest absolute Gasteiger partial charge is 0.314 e. The van der Waals surface area contributed by atoms with E-state index >= 15 is 0 Å². The van der Waals surface area contributed by atoms with Gasteiger partial charge in [-0.15, -0.1) is 0 Å². The van der Waals surface area contributed by atoms with Crippen LogP contribution in [0.5, 0.6) is 0 Å². The van der Waals surface area contributed by atoms with Crippen molar-refractivity contribution in [2.75, 3.05) is 19.6 Å². The van der Waals surface area contributed by atoms with Gasteiger partial charge in [-0.2, -0.15) is 0 Å². The number of nitrogens with one attached hydrogen (secondary N) is 2. The van der Waals surface area contributed by atoms with Crippen LogP contribution >= 0.6 is 0 Å². The Hall–Kier alpha value is -0.340. The van der Waals surface area contributed by atoms with Crippen LogP contribution in [0.15, 0.2) is 12.2 Å². The maximum atomic E-state index is 3.46. The molecule has 0 aliphatic carbocycles. The normalized spacial score (nSPS) is 40.9. The maximum Gasteiger partial charge on any atom is 0.0505 e. The molecule has 1 spiro atoms. The summed E-state index contributed by atoms with van der Waals surface area (Å²) in [6.07, 6.45) is 5.77. The van der Waals surface area contributed by atoms with Crippen LogP contribution in [0.25, 0.3) is 0 Å². The fourth-order valence-corrected chi connectivity index (χ4v) is 1.61. The first-order valence-corrected chi connectivity index (χ1v) is 3.55. The molecular weight excluding hydrogens is 112 g/mol. The van der Waals surface area contributed by atoms with Crippen molar-refractivity contribution in [3.05, 3.63) is 12.2 Å². The van der Waals surface area contributed by atoms with Gasteiger partial charge in [0.25, 0.3) is 0 Å². The minimum atomic E-state index is 0.347. The van der Waals surface area contributed by atoms with Crippen LogP contribution in [0.3, 0.4) is 0 Å². The highest BCUT2D eigenvalue weighted by atomic mass is 15.1. The summed E-state index contributed by atoms with van der Waals surface area (Å²) in [5.74, 6) is 0. The van der Waals surface area contributed by atoms with E-state index < -0.39 is 0 Å². The third-order valence-electron chi connectivity index (χ3n) is 2.20. The first-order chi connectivity index (χ1) is 4.41. The van der Waals surface area contributed by atoms with Crippen molar-refractivity contribution in [3.8, 4) is 0 Å². The summed E-state index contributed by atoms with van der Waals surface area (Å²) in [5.41, 5.74) is 0.347. The molecular formula is C7H12N2. The molecule has 2 aliphatic rings. The molecule has 2 aliphatic heterocycles. The molecule has 0 aromatic carbocycles. The van der Waals surface area contributed by atoms with Crippen LogP contribution in [0, 0.1) is 0 Å².